The van der Waals surface area contributed by atoms with Gasteiger partial charge in [0.05, 0.1) is 0 Å². The van der Waals surface area contributed by atoms with E-state index in [4.69, 9.17) is 0 Å². The van der Waals surface area contributed by atoms with Gasteiger partial charge >= 0.3 is 0 Å². The van der Waals surface area contributed by atoms with Crippen molar-refractivity contribution in [2.24, 2.45) is 0 Å². The minimum absolute atomic E-state index is 0.362. The van der Waals surface area contributed by atoms with Crippen molar-refractivity contribution >= 4 is 13.8 Å². The summed E-state index contributed by atoms with van der Waals surface area (Å²) in [4.78, 5) is 2.57. The van der Waals surface area contributed by atoms with Crippen molar-refractivity contribution in [1.82, 2.24) is 0 Å². The quantitative estimate of drug-likeness (QED) is 0.515. The molecule has 0 saturated heterocycles. The predicted molar refractivity (Wildman–Crippen MR) is 98.2 cm³/mol. The fourth-order valence-electron chi connectivity index (χ4n) is 3.81. The van der Waals surface area contributed by atoms with Gasteiger partial charge in [0.1, 0.15) is 0 Å². The van der Waals surface area contributed by atoms with Crippen LogP contribution in [0.4, 0.5) is 5.69 Å². The van der Waals surface area contributed by atoms with Crippen LogP contribution < -0.4 is 4.90 Å². The molecule has 0 saturated carbocycles. The van der Waals surface area contributed by atoms with E-state index >= 15 is 0 Å². The Kier molecular flexibility index (Phi) is 4.67. The summed E-state index contributed by atoms with van der Waals surface area (Å²) in [5, 5.41) is 0. The Morgan fingerprint density at radius 1 is 1.29 bits per heavy atom. The highest BCUT2D eigenvalue weighted by atomic mass is 28.3. The zero-order valence-electron chi connectivity index (χ0n) is 14.5. The average Bonchev–Trinajstić information content (AvgIpc) is 2.36. The Balaban J connectivity index is 2.30. The van der Waals surface area contributed by atoms with Crippen LogP contribution in [0.3, 0.4) is 0 Å². The SMILES string of the molecule is C=C(C)CCN1CCC(C)(C[Si](C)(C)C)c2ccccc21. The predicted octanol–water partition coefficient (Wildman–Crippen LogP) is 5.46. The number of hydrogen-bond donors (Lipinski definition) is 0. The van der Waals surface area contributed by atoms with Crippen molar-refractivity contribution in [1.29, 1.82) is 0 Å². The summed E-state index contributed by atoms with van der Waals surface area (Å²) in [6, 6.07) is 10.5. The zero-order valence-corrected chi connectivity index (χ0v) is 15.5. The molecule has 0 radical (unpaired) electrons. The van der Waals surface area contributed by atoms with Crippen LogP contribution in [0.1, 0.15) is 32.3 Å². The molecule has 0 amide bonds. The third-order valence-corrected chi connectivity index (χ3v) is 6.40. The third kappa shape index (κ3) is 4.00. The van der Waals surface area contributed by atoms with E-state index in [0.29, 0.717) is 5.41 Å². The van der Waals surface area contributed by atoms with Crippen molar-refractivity contribution < 1.29 is 0 Å². The van der Waals surface area contributed by atoms with Gasteiger partial charge in [0.25, 0.3) is 0 Å². The highest BCUT2D eigenvalue weighted by molar-refractivity contribution is 6.76. The molecule has 1 aliphatic rings. The molecule has 1 aromatic carbocycles. The Morgan fingerprint density at radius 3 is 2.57 bits per heavy atom. The van der Waals surface area contributed by atoms with E-state index in [9.17, 15) is 0 Å². The van der Waals surface area contributed by atoms with Gasteiger partial charge in [0.15, 0.2) is 0 Å². The molecule has 116 valence electrons. The van der Waals surface area contributed by atoms with E-state index in [-0.39, 0.29) is 0 Å². The highest BCUT2D eigenvalue weighted by Crippen LogP contribution is 2.44. The fourth-order valence-corrected chi connectivity index (χ4v) is 6.52. The number of rotatable bonds is 5. The maximum absolute atomic E-state index is 4.05. The van der Waals surface area contributed by atoms with E-state index in [1.165, 1.54) is 30.3 Å². The van der Waals surface area contributed by atoms with Gasteiger partial charge in [-0.2, -0.15) is 0 Å². The van der Waals surface area contributed by atoms with E-state index < -0.39 is 8.07 Å². The van der Waals surface area contributed by atoms with Gasteiger partial charge in [-0.15, -0.1) is 6.58 Å². The Morgan fingerprint density at radius 2 is 1.95 bits per heavy atom. The minimum atomic E-state index is -1.08. The van der Waals surface area contributed by atoms with Crippen molar-refractivity contribution in [3.05, 3.63) is 42.0 Å². The molecule has 2 heteroatoms. The summed E-state index contributed by atoms with van der Waals surface area (Å²) in [5.41, 5.74) is 4.68. The van der Waals surface area contributed by atoms with Crippen molar-refractivity contribution in [2.75, 3.05) is 18.0 Å². The first-order valence-corrected chi connectivity index (χ1v) is 11.9. The van der Waals surface area contributed by atoms with E-state index in [2.05, 4.69) is 69.2 Å². The molecule has 21 heavy (non-hydrogen) atoms. The molecule has 1 aromatic rings. The second kappa shape index (κ2) is 6.00. The van der Waals surface area contributed by atoms with E-state index in [0.717, 1.165) is 13.0 Å². The van der Waals surface area contributed by atoms with Crippen LogP contribution in [-0.2, 0) is 5.41 Å². The molecule has 1 aliphatic heterocycles. The zero-order chi connectivity index (χ0) is 15.7. The second-order valence-electron chi connectivity index (χ2n) is 8.26. The van der Waals surface area contributed by atoms with Crippen LogP contribution in [0.15, 0.2) is 36.4 Å². The molecule has 1 heterocycles. The number of hydrogen-bond acceptors (Lipinski definition) is 1. The number of benzene rings is 1. The Hall–Kier alpha value is -1.02. The molecular formula is C19H31NSi. The topological polar surface area (TPSA) is 3.24 Å². The monoisotopic (exact) mass is 301 g/mol. The molecule has 0 aliphatic carbocycles. The first-order valence-electron chi connectivity index (χ1n) is 8.20. The van der Waals surface area contributed by atoms with Gasteiger partial charge in [-0.05, 0) is 42.9 Å². The second-order valence-corrected chi connectivity index (χ2v) is 13.7. The summed E-state index contributed by atoms with van der Waals surface area (Å²) >= 11 is 0. The number of para-hydroxylation sites is 1. The highest BCUT2D eigenvalue weighted by Gasteiger charge is 2.38. The molecule has 0 bridgehead atoms. The number of nitrogens with zero attached hydrogens (tertiary/aromatic N) is 1. The Bertz CT molecular complexity index is 515. The van der Waals surface area contributed by atoms with Crippen LogP contribution in [0.5, 0.6) is 0 Å². The lowest BCUT2D eigenvalue weighted by molar-refractivity contribution is 0.448. The van der Waals surface area contributed by atoms with E-state index in [1.54, 1.807) is 5.56 Å². The lowest BCUT2D eigenvalue weighted by atomic mass is 9.77. The standard InChI is InChI=1S/C19H31NSi/c1-16(2)11-13-20-14-12-19(3,15-21(4,5)6)17-9-7-8-10-18(17)20/h7-10H,1,11-15H2,2-6H3. The van der Waals surface area contributed by atoms with Crippen LogP contribution in [0, 0.1) is 0 Å². The molecule has 0 fully saturated rings. The first-order chi connectivity index (χ1) is 9.71. The largest absolute Gasteiger partial charge is 0.371 e. The lowest BCUT2D eigenvalue weighted by Crippen LogP contribution is -2.43. The lowest BCUT2D eigenvalue weighted by Gasteiger charge is -2.44. The van der Waals surface area contributed by atoms with Gasteiger partial charge in [-0.3, -0.25) is 0 Å². The van der Waals surface area contributed by atoms with Gasteiger partial charge in [-0.25, -0.2) is 0 Å². The fraction of sp³-hybridized carbons (Fsp3) is 0.579. The molecule has 1 nitrogen and oxygen atoms in total. The molecule has 2 rings (SSSR count). The summed E-state index contributed by atoms with van der Waals surface area (Å²) in [7, 11) is -1.08. The minimum Gasteiger partial charge on any atom is -0.371 e. The third-order valence-electron chi connectivity index (χ3n) is 4.56. The van der Waals surface area contributed by atoms with Crippen LogP contribution in [-0.4, -0.2) is 21.2 Å². The van der Waals surface area contributed by atoms with Crippen molar-refractivity contribution in [3.8, 4) is 0 Å². The number of anilines is 1. The number of fused-ring (bicyclic) bond motifs is 1. The molecule has 0 spiro atoms. The van der Waals surface area contributed by atoms with Crippen LogP contribution >= 0.6 is 0 Å². The summed E-state index contributed by atoms with van der Waals surface area (Å²) in [6.07, 6.45) is 2.38. The van der Waals surface area contributed by atoms with E-state index in [1.807, 2.05) is 0 Å². The molecule has 0 N–H and O–H groups in total. The summed E-state index contributed by atoms with van der Waals surface area (Å²) in [5.74, 6) is 0. The molecular weight excluding hydrogens is 270 g/mol. The van der Waals surface area contributed by atoms with Gasteiger partial charge in [-0.1, -0.05) is 50.3 Å². The van der Waals surface area contributed by atoms with Gasteiger partial charge in [0.2, 0.25) is 0 Å². The van der Waals surface area contributed by atoms with Gasteiger partial charge < -0.3 is 4.90 Å². The Labute approximate surface area is 132 Å². The van der Waals surface area contributed by atoms with Crippen molar-refractivity contribution in [2.45, 2.75) is 57.8 Å². The smallest absolute Gasteiger partial charge is 0.0451 e. The van der Waals surface area contributed by atoms with Crippen LogP contribution in [0.25, 0.3) is 0 Å². The summed E-state index contributed by atoms with van der Waals surface area (Å²) in [6.45, 7) is 18.4. The molecule has 1 unspecified atom stereocenters. The van der Waals surface area contributed by atoms with Crippen molar-refractivity contribution in [3.63, 3.8) is 0 Å². The maximum atomic E-state index is 4.05. The molecule has 1 atom stereocenters. The van der Waals surface area contributed by atoms with Gasteiger partial charge in [0, 0.05) is 26.9 Å². The first kappa shape index (κ1) is 16.3. The normalized spacial score (nSPS) is 22.0. The average molecular weight is 302 g/mol. The summed E-state index contributed by atoms with van der Waals surface area (Å²) < 4.78 is 0. The molecule has 0 aromatic heterocycles. The maximum Gasteiger partial charge on any atom is 0.0451 e. The van der Waals surface area contributed by atoms with Crippen LogP contribution in [0.2, 0.25) is 25.7 Å².